The van der Waals surface area contributed by atoms with Gasteiger partial charge in [0.1, 0.15) is 6.33 Å². The Kier molecular flexibility index (Phi) is 4.99. The van der Waals surface area contributed by atoms with Gasteiger partial charge in [-0.2, -0.15) is 0 Å². The van der Waals surface area contributed by atoms with Crippen LogP contribution in [0.1, 0.15) is 13.3 Å². The second-order valence-corrected chi connectivity index (χ2v) is 3.28. The minimum atomic E-state index is -0.363. The van der Waals surface area contributed by atoms with Gasteiger partial charge in [0, 0.05) is 19.5 Å². The molecule has 0 fully saturated rings. The smallest absolute Gasteiger partial charge is 0.219 e. The predicted octanol–water partition coefficient (Wildman–Crippen LogP) is 0.204. The van der Waals surface area contributed by atoms with Crippen molar-refractivity contribution in [1.82, 2.24) is 9.97 Å². The number of nitrogens with zero attached hydrogens (tertiary/aromatic N) is 2. The van der Waals surface area contributed by atoms with Crippen molar-refractivity contribution in [1.29, 1.82) is 0 Å². The molecule has 1 rings (SSSR count). The van der Waals surface area contributed by atoms with Gasteiger partial charge >= 0.3 is 0 Å². The highest BCUT2D eigenvalue weighted by Crippen LogP contribution is 2.28. The molecule has 17 heavy (non-hydrogen) atoms. The number of hydrogen-bond donors (Lipinski definition) is 3. The average Bonchev–Trinajstić information content (AvgIpc) is 2.29. The Morgan fingerprint density at radius 3 is 2.59 bits per heavy atom. The summed E-state index contributed by atoms with van der Waals surface area (Å²) in [6.45, 7) is 3.10. The largest absolute Gasteiger partial charge is 0.490 e. The average molecular weight is 239 g/mol. The number of carbonyl (C=O) groups excluding carboxylic acids is 1. The van der Waals surface area contributed by atoms with E-state index >= 15 is 0 Å². The van der Waals surface area contributed by atoms with Gasteiger partial charge in [-0.15, -0.1) is 0 Å². The summed E-state index contributed by atoms with van der Waals surface area (Å²) >= 11 is 0. The minimum Gasteiger partial charge on any atom is -0.490 e. The monoisotopic (exact) mass is 239 g/mol. The maximum absolute atomic E-state index is 10.6. The lowest BCUT2D eigenvalue weighted by atomic mass is 10.4. The molecule has 0 unspecified atom stereocenters. The molecule has 0 spiro atoms. The lowest BCUT2D eigenvalue weighted by molar-refractivity contribution is -0.117. The molecule has 0 aliphatic carbocycles. The summed E-state index contributed by atoms with van der Waals surface area (Å²) < 4.78 is 5.22. The molecular weight excluding hydrogens is 222 g/mol. The van der Waals surface area contributed by atoms with Crippen LogP contribution in [-0.4, -0.2) is 36.1 Å². The Hall–Kier alpha value is -2.05. The van der Waals surface area contributed by atoms with Gasteiger partial charge in [-0.1, -0.05) is 0 Å². The number of carbonyl (C=O) groups is 1. The molecule has 1 aromatic heterocycles. The number of nitrogens with two attached hydrogens (primary N) is 1. The molecule has 0 aliphatic heterocycles. The second kappa shape index (κ2) is 6.51. The topological polar surface area (TPSA) is 102 Å². The lowest BCUT2D eigenvalue weighted by Gasteiger charge is -2.12. The van der Waals surface area contributed by atoms with Crippen molar-refractivity contribution in [2.75, 3.05) is 30.8 Å². The van der Waals surface area contributed by atoms with Gasteiger partial charge in [-0.25, -0.2) is 9.97 Å². The van der Waals surface area contributed by atoms with Crippen LogP contribution in [0.25, 0.3) is 0 Å². The van der Waals surface area contributed by atoms with Gasteiger partial charge in [-0.05, 0) is 6.92 Å². The molecule has 0 aliphatic rings. The van der Waals surface area contributed by atoms with E-state index in [4.69, 9.17) is 10.5 Å². The summed E-state index contributed by atoms with van der Waals surface area (Å²) in [7, 11) is 1.54. The summed E-state index contributed by atoms with van der Waals surface area (Å²) in [6, 6.07) is 0. The number of methoxy groups -OCH3 is 1. The molecule has 0 radical (unpaired) electrons. The van der Waals surface area contributed by atoms with Gasteiger partial charge in [0.25, 0.3) is 0 Å². The summed E-state index contributed by atoms with van der Waals surface area (Å²) in [6.07, 6.45) is 1.66. The van der Waals surface area contributed by atoms with Crippen LogP contribution in [0.2, 0.25) is 0 Å². The van der Waals surface area contributed by atoms with Crippen molar-refractivity contribution in [2.45, 2.75) is 13.3 Å². The van der Waals surface area contributed by atoms with E-state index in [0.717, 1.165) is 6.54 Å². The van der Waals surface area contributed by atoms with Crippen LogP contribution in [0.5, 0.6) is 5.75 Å². The van der Waals surface area contributed by atoms with E-state index in [1.165, 1.54) is 6.33 Å². The van der Waals surface area contributed by atoms with Crippen LogP contribution in [-0.2, 0) is 4.79 Å². The summed E-state index contributed by atoms with van der Waals surface area (Å²) in [5, 5.41) is 6.04. The zero-order valence-corrected chi connectivity index (χ0v) is 9.99. The molecule has 0 atom stereocenters. The van der Waals surface area contributed by atoms with Gasteiger partial charge in [0.15, 0.2) is 11.6 Å². The molecule has 0 saturated carbocycles. The van der Waals surface area contributed by atoms with E-state index in [9.17, 15) is 4.79 Å². The van der Waals surface area contributed by atoms with E-state index in [0.29, 0.717) is 23.9 Å². The first kappa shape index (κ1) is 13.0. The van der Waals surface area contributed by atoms with E-state index in [1.807, 2.05) is 6.92 Å². The fourth-order valence-electron chi connectivity index (χ4n) is 1.29. The molecule has 0 bridgehead atoms. The normalized spacial score (nSPS) is 9.76. The zero-order valence-electron chi connectivity index (χ0n) is 9.99. The number of aromatic nitrogens is 2. The van der Waals surface area contributed by atoms with Gasteiger partial charge < -0.3 is 21.1 Å². The van der Waals surface area contributed by atoms with E-state index in [1.54, 1.807) is 7.11 Å². The van der Waals surface area contributed by atoms with Crippen molar-refractivity contribution in [3.05, 3.63) is 6.33 Å². The molecule has 1 aromatic rings. The van der Waals surface area contributed by atoms with Crippen molar-refractivity contribution in [3.8, 4) is 5.75 Å². The second-order valence-electron chi connectivity index (χ2n) is 3.28. The van der Waals surface area contributed by atoms with Crippen LogP contribution in [0, 0.1) is 0 Å². The highest BCUT2D eigenvalue weighted by Gasteiger charge is 2.10. The molecule has 0 saturated heterocycles. The molecule has 0 aromatic carbocycles. The van der Waals surface area contributed by atoms with E-state index < -0.39 is 0 Å². The summed E-state index contributed by atoms with van der Waals surface area (Å²) in [5.41, 5.74) is 5.05. The molecule has 7 heteroatoms. The third-order valence-electron chi connectivity index (χ3n) is 2.02. The van der Waals surface area contributed by atoms with Crippen LogP contribution < -0.4 is 21.1 Å². The van der Waals surface area contributed by atoms with Crippen molar-refractivity contribution in [2.24, 2.45) is 5.73 Å². The number of primary amides is 1. The Morgan fingerprint density at radius 1 is 1.41 bits per heavy atom. The van der Waals surface area contributed by atoms with Crippen molar-refractivity contribution < 1.29 is 9.53 Å². The Morgan fingerprint density at radius 2 is 2.06 bits per heavy atom. The zero-order chi connectivity index (χ0) is 12.7. The molecule has 7 nitrogen and oxygen atoms in total. The molecule has 4 N–H and O–H groups in total. The molecular formula is C10H17N5O2. The maximum atomic E-state index is 10.6. The first-order chi connectivity index (χ1) is 8.19. The van der Waals surface area contributed by atoms with Gasteiger partial charge in [-0.3, -0.25) is 4.79 Å². The van der Waals surface area contributed by atoms with E-state index in [2.05, 4.69) is 20.6 Å². The fourth-order valence-corrected chi connectivity index (χ4v) is 1.29. The molecule has 1 heterocycles. The SMILES string of the molecule is CCNc1ncnc(NCCC(N)=O)c1OC. The van der Waals surface area contributed by atoms with Crippen LogP contribution in [0.15, 0.2) is 6.33 Å². The lowest BCUT2D eigenvalue weighted by Crippen LogP contribution is -2.17. The Bertz CT molecular complexity index is 383. The van der Waals surface area contributed by atoms with Gasteiger partial charge in [0.05, 0.1) is 7.11 Å². The first-order valence-electron chi connectivity index (χ1n) is 5.34. The number of anilines is 2. The molecule has 94 valence electrons. The number of nitrogens with one attached hydrogen (secondary N) is 2. The standard InChI is InChI=1S/C10H17N5O2/c1-3-12-9-8(17-2)10(15-6-14-9)13-5-4-7(11)16/h6H,3-5H2,1-2H3,(H2,11,16)(H2,12,13,14,15). The number of rotatable bonds is 7. The minimum absolute atomic E-state index is 0.240. The third kappa shape index (κ3) is 3.78. The highest BCUT2D eigenvalue weighted by atomic mass is 16.5. The van der Waals surface area contributed by atoms with E-state index in [-0.39, 0.29) is 12.3 Å². The quantitative estimate of drug-likeness (QED) is 0.628. The summed E-state index contributed by atoms with van der Waals surface area (Å²) in [5.74, 6) is 1.32. The Labute approximate surface area is 99.8 Å². The fraction of sp³-hybridized carbons (Fsp3) is 0.500. The van der Waals surface area contributed by atoms with Crippen LogP contribution in [0.4, 0.5) is 11.6 Å². The number of hydrogen-bond acceptors (Lipinski definition) is 6. The van der Waals surface area contributed by atoms with Crippen molar-refractivity contribution >= 4 is 17.5 Å². The Balaban J connectivity index is 2.76. The predicted molar refractivity (Wildman–Crippen MR) is 65.0 cm³/mol. The highest BCUT2D eigenvalue weighted by molar-refractivity contribution is 5.74. The van der Waals surface area contributed by atoms with Gasteiger partial charge in [0.2, 0.25) is 11.7 Å². The number of amides is 1. The number of ether oxygens (including phenoxy) is 1. The first-order valence-corrected chi connectivity index (χ1v) is 5.34. The van der Waals surface area contributed by atoms with Crippen molar-refractivity contribution in [3.63, 3.8) is 0 Å². The third-order valence-corrected chi connectivity index (χ3v) is 2.02. The summed E-state index contributed by atoms with van der Waals surface area (Å²) in [4.78, 5) is 18.7. The molecule has 1 amide bonds. The van der Waals surface area contributed by atoms with Crippen LogP contribution in [0.3, 0.4) is 0 Å². The maximum Gasteiger partial charge on any atom is 0.219 e. The van der Waals surface area contributed by atoms with Crippen LogP contribution >= 0.6 is 0 Å².